The van der Waals surface area contributed by atoms with Crippen LogP contribution in [-0.2, 0) is 9.59 Å². The smallest absolute Gasteiger partial charge is 0.303 e. The Morgan fingerprint density at radius 2 is 2.33 bits per heavy atom. The molecule has 0 aromatic carbocycles. The highest BCUT2D eigenvalue weighted by Gasteiger charge is 2.29. The predicted octanol–water partition coefficient (Wildman–Crippen LogP) is 1.47. The van der Waals surface area contributed by atoms with E-state index in [-0.39, 0.29) is 24.0 Å². The molecule has 0 aliphatic heterocycles. The van der Waals surface area contributed by atoms with Crippen LogP contribution in [0.3, 0.4) is 0 Å². The third kappa shape index (κ3) is 2.06. The fourth-order valence-corrected chi connectivity index (χ4v) is 1.78. The van der Waals surface area contributed by atoms with Crippen LogP contribution in [0.15, 0.2) is 0 Å². The van der Waals surface area contributed by atoms with Crippen LogP contribution in [0.4, 0.5) is 0 Å². The molecule has 1 N–H and O–H groups in total. The number of hydrogen-bond donors (Lipinski definition) is 1. The third-order valence-electron chi connectivity index (χ3n) is 2.65. The summed E-state index contributed by atoms with van der Waals surface area (Å²) in [6.45, 7) is 1.84. The number of Topliss-reactive ketones (excluding diaryl/α,β-unsaturated/α-hetero) is 1. The summed E-state index contributed by atoms with van der Waals surface area (Å²) in [5, 5.41) is 8.56. The molecular formula is C9H14O3. The summed E-state index contributed by atoms with van der Waals surface area (Å²) in [6.07, 6.45) is 2.53. The summed E-state index contributed by atoms with van der Waals surface area (Å²) in [6, 6.07) is 0. The molecule has 0 amide bonds. The maximum absolute atomic E-state index is 11.2. The lowest BCUT2D eigenvalue weighted by Gasteiger charge is -2.25. The van der Waals surface area contributed by atoms with Gasteiger partial charge in [-0.05, 0) is 18.8 Å². The van der Waals surface area contributed by atoms with Gasteiger partial charge in [0.1, 0.15) is 5.78 Å². The van der Waals surface area contributed by atoms with Gasteiger partial charge in [-0.2, -0.15) is 0 Å². The molecule has 0 saturated heterocycles. The Bertz CT molecular complexity index is 198. The van der Waals surface area contributed by atoms with Gasteiger partial charge in [0.05, 0.1) is 0 Å². The molecule has 0 heterocycles. The van der Waals surface area contributed by atoms with Gasteiger partial charge in [-0.15, -0.1) is 0 Å². The van der Waals surface area contributed by atoms with E-state index in [1.54, 1.807) is 0 Å². The van der Waals surface area contributed by atoms with Crippen LogP contribution in [0, 0.1) is 11.8 Å². The normalized spacial score (nSPS) is 30.2. The van der Waals surface area contributed by atoms with Gasteiger partial charge < -0.3 is 5.11 Å². The highest BCUT2D eigenvalue weighted by atomic mass is 16.4. The maximum Gasteiger partial charge on any atom is 0.303 e. The Morgan fingerprint density at radius 3 is 2.92 bits per heavy atom. The van der Waals surface area contributed by atoms with Crippen molar-refractivity contribution in [2.75, 3.05) is 0 Å². The van der Waals surface area contributed by atoms with E-state index in [4.69, 9.17) is 5.11 Å². The van der Waals surface area contributed by atoms with E-state index in [1.807, 2.05) is 6.92 Å². The summed E-state index contributed by atoms with van der Waals surface area (Å²) < 4.78 is 0. The van der Waals surface area contributed by atoms with Crippen molar-refractivity contribution in [2.24, 2.45) is 11.8 Å². The number of ketones is 1. The molecule has 1 aliphatic carbocycles. The first-order valence-corrected chi connectivity index (χ1v) is 4.35. The molecule has 0 spiro atoms. The summed E-state index contributed by atoms with van der Waals surface area (Å²) >= 11 is 0. The number of aliphatic carboxylic acids is 1. The quantitative estimate of drug-likeness (QED) is 0.682. The standard InChI is InChI=1S/C9H14O3/c1-6-7(5-9(11)12)3-2-4-8(6)10/h6-7H,2-5H2,1H3,(H,11,12). The monoisotopic (exact) mass is 170 g/mol. The first-order chi connectivity index (χ1) is 5.61. The van der Waals surface area contributed by atoms with Gasteiger partial charge in [0, 0.05) is 18.8 Å². The van der Waals surface area contributed by atoms with Crippen LogP contribution >= 0.6 is 0 Å². The highest BCUT2D eigenvalue weighted by molar-refractivity contribution is 5.82. The lowest BCUT2D eigenvalue weighted by Crippen LogP contribution is -2.27. The number of carboxylic acids is 1. The Morgan fingerprint density at radius 1 is 1.67 bits per heavy atom. The molecule has 2 atom stereocenters. The number of carbonyl (C=O) groups excluding carboxylic acids is 1. The van der Waals surface area contributed by atoms with Crippen molar-refractivity contribution >= 4 is 11.8 Å². The third-order valence-corrected chi connectivity index (χ3v) is 2.65. The predicted molar refractivity (Wildman–Crippen MR) is 43.8 cm³/mol. The molecule has 3 nitrogen and oxygen atoms in total. The van der Waals surface area contributed by atoms with Crippen molar-refractivity contribution in [3.05, 3.63) is 0 Å². The van der Waals surface area contributed by atoms with E-state index in [9.17, 15) is 9.59 Å². The zero-order valence-corrected chi connectivity index (χ0v) is 7.25. The van der Waals surface area contributed by atoms with E-state index < -0.39 is 5.97 Å². The molecule has 68 valence electrons. The van der Waals surface area contributed by atoms with E-state index in [2.05, 4.69) is 0 Å². The van der Waals surface area contributed by atoms with Gasteiger partial charge in [0.2, 0.25) is 0 Å². The second-order valence-electron chi connectivity index (χ2n) is 3.51. The van der Waals surface area contributed by atoms with Crippen LogP contribution in [-0.4, -0.2) is 16.9 Å². The molecule has 1 saturated carbocycles. The molecule has 0 bridgehead atoms. The van der Waals surface area contributed by atoms with Crippen molar-refractivity contribution in [2.45, 2.75) is 32.6 Å². The van der Waals surface area contributed by atoms with Gasteiger partial charge in [0.15, 0.2) is 0 Å². The van der Waals surface area contributed by atoms with Crippen LogP contribution in [0.25, 0.3) is 0 Å². The van der Waals surface area contributed by atoms with Gasteiger partial charge >= 0.3 is 5.97 Å². The van der Waals surface area contributed by atoms with Crippen LogP contribution < -0.4 is 0 Å². The summed E-state index contributed by atoms with van der Waals surface area (Å²) in [5.74, 6) is -0.535. The molecule has 3 heteroatoms. The zero-order chi connectivity index (χ0) is 9.14. The van der Waals surface area contributed by atoms with Crippen LogP contribution in [0.1, 0.15) is 32.6 Å². The van der Waals surface area contributed by atoms with Gasteiger partial charge in [-0.1, -0.05) is 6.92 Å². The number of hydrogen-bond acceptors (Lipinski definition) is 2. The van der Waals surface area contributed by atoms with Crippen LogP contribution in [0.5, 0.6) is 0 Å². The number of carbonyl (C=O) groups is 2. The number of carboxylic acid groups (broad SMARTS) is 1. The van der Waals surface area contributed by atoms with Gasteiger partial charge in [-0.3, -0.25) is 9.59 Å². The molecule has 1 fully saturated rings. The second-order valence-corrected chi connectivity index (χ2v) is 3.51. The maximum atomic E-state index is 11.2. The average molecular weight is 170 g/mol. The Kier molecular flexibility index (Phi) is 2.84. The fourth-order valence-electron chi connectivity index (χ4n) is 1.78. The molecular weight excluding hydrogens is 156 g/mol. The van der Waals surface area contributed by atoms with Crippen LogP contribution in [0.2, 0.25) is 0 Å². The van der Waals surface area contributed by atoms with Gasteiger partial charge in [0.25, 0.3) is 0 Å². The fraction of sp³-hybridized carbons (Fsp3) is 0.778. The number of rotatable bonds is 2. The molecule has 0 aromatic heterocycles. The largest absolute Gasteiger partial charge is 0.481 e. The lowest BCUT2D eigenvalue weighted by atomic mass is 9.78. The van der Waals surface area contributed by atoms with Crippen molar-refractivity contribution in [3.8, 4) is 0 Å². The van der Waals surface area contributed by atoms with Crippen molar-refractivity contribution in [1.29, 1.82) is 0 Å². The zero-order valence-electron chi connectivity index (χ0n) is 7.25. The minimum absolute atomic E-state index is 0.0464. The van der Waals surface area contributed by atoms with E-state index in [1.165, 1.54) is 0 Å². The molecule has 1 aliphatic rings. The van der Waals surface area contributed by atoms with Gasteiger partial charge in [-0.25, -0.2) is 0 Å². The summed E-state index contributed by atoms with van der Waals surface area (Å²) in [7, 11) is 0. The summed E-state index contributed by atoms with van der Waals surface area (Å²) in [4.78, 5) is 21.6. The minimum atomic E-state index is -0.790. The Hall–Kier alpha value is -0.860. The Balaban J connectivity index is 2.52. The van der Waals surface area contributed by atoms with Crippen molar-refractivity contribution < 1.29 is 14.7 Å². The second kappa shape index (κ2) is 3.70. The molecule has 0 radical (unpaired) electrons. The van der Waals surface area contributed by atoms with Crippen molar-refractivity contribution in [3.63, 3.8) is 0 Å². The van der Waals surface area contributed by atoms with Crippen molar-refractivity contribution in [1.82, 2.24) is 0 Å². The SMILES string of the molecule is CC1C(=O)CCCC1CC(=O)O. The summed E-state index contributed by atoms with van der Waals surface area (Å²) in [5.41, 5.74) is 0. The first kappa shape index (κ1) is 9.23. The first-order valence-electron chi connectivity index (χ1n) is 4.35. The van der Waals surface area contributed by atoms with E-state index in [0.717, 1.165) is 12.8 Å². The molecule has 1 rings (SSSR count). The van der Waals surface area contributed by atoms with E-state index in [0.29, 0.717) is 6.42 Å². The molecule has 2 unspecified atom stereocenters. The minimum Gasteiger partial charge on any atom is -0.481 e. The highest BCUT2D eigenvalue weighted by Crippen LogP contribution is 2.29. The topological polar surface area (TPSA) is 54.4 Å². The van der Waals surface area contributed by atoms with E-state index >= 15 is 0 Å². The molecule has 0 aromatic rings. The lowest BCUT2D eigenvalue weighted by molar-refractivity contribution is -0.139. The Labute approximate surface area is 71.8 Å². The molecule has 12 heavy (non-hydrogen) atoms. The average Bonchev–Trinajstić information content (AvgIpc) is 1.98.